The number of halogens is 1. The molecule has 1 amide bonds. The largest absolute Gasteiger partial charge is 0.381 e. The lowest BCUT2D eigenvalue weighted by molar-refractivity contribution is -0.123. The fourth-order valence-corrected chi connectivity index (χ4v) is 6.23. The monoisotopic (exact) mass is 572 g/mol. The second-order valence-electron chi connectivity index (χ2n) is 11.1. The standard InChI is InChI=1S/C30H33ClN8O2/c1-20-33-34-29-6-5-26-28(39(20)29)16-27(37(26)17-21-3-2-4-22(31)15-21)25-7-12-38(35-25)24-18-36(19-24)11-8-30(40)32-23-9-13-41-14-10-23/h2-7,12,15-16,23-24H,8-11,13-14,17-19H2,1H3,(H,32,40). The first kappa shape index (κ1) is 26.2. The highest BCUT2D eigenvalue weighted by molar-refractivity contribution is 6.30. The molecule has 1 N–H and O–H groups in total. The van der Waals surface area contributed by atoms with E-state index in [1.165, 1.54) is 0 Å². The van der Waals surface area contributed by atoms with Gasteiger partial charge in [0, 0.05) is 63.1 Å². The first-order chi connectivity index (χ1) is 20.0. The van der Waals surface area contributed by atoms with Crippen LogP contribution in [0.15, 0.2) is 54.7 Å². The summed E-state index contributed by atoms with van der Waals surface area (Å²) >= 11 is 6.32. The van der Waals surface area contributed by atoms with E-state index in [0.717, 1.165) is 90.2 Å². The maximum atomic E-state index is 12.4. The van der Waals surface area contributed by atoms with Crippen LogP contribution < -0.4 is 5.32 Å². The summed E-state index contributed by atoms with van der Waals surface area (Å²) < 4.78 is 11.8. The Morgan fingerprint density at radius 2 is 1.93 bits per heavy atom. The number of aryl methyl sites for hydroxylation is 1. The third-order valence-electron chi connectivity index (χ3n) is 8.25. The van der Waals surface area contributed by atoms with Gasteiger partial charge in [0.25, 0.3) is 0 Å². The van der Waals surface area contributed by atoms with Gasteiger partial charge in [-0.3, -0.25) is 18.8 Å². The predicted octanol–water partition coefficient (Wildman–Crippen LogP) is 4.10. The van der Waals surface area contributed by atoms with Crippen LogP contribution in [0.5, 0.6) is 0 Å². The van der Waals surface area contributed by atoms with Crippen molar-refractivity contribution >= 4 is 34.2 Å². The van der Waals surface area contributed by atoms with Gasteiger partial charge in [0.15, 0.2) is 5.65 Å². The number of likely N-dealkylation sites (tertiary alicyclic amines) is 1. The SMILES string of the molecule is Cc1nnc2ccc3c(cc(-c4ccn(C5CN(CCC(=O)NC6CCOCC6)C5)n4)n3Cc3cccc(Cl)c3)n12. The lowest BCUT2D eigenvalue weighted by atomic mass is 10.1. The van der Waals surface area contributed by atoms with Gasteiger partial charge in [-0.2, -0.15) is 5.10 Å². The summed E-state index contributed by atoms with van der Waals surface area (Å²) in [6.45, 7) is 6.63. The quantitative estimate of drug-likeness (QED) is 0.301. The Morgan fingerprint density at radius 1 is 1.07 bits per heavy atom. The average molecular weight is 573 g/mol. The Balaban J connectivity index is 1.09. The van der Waals surface area contributed by atoms with Crippen molar-refractivity contribution in [3.63, 3.8) is 0 Å². The van der Waals surface area contributed by atoms with Crippen molar-refractivity contribution in [2.45, 2.75) is 44.8 Å². The number of nitrogens with one attached hydrogen (secondary N) is 1. The van der Waals surface area contributed by atoms with Gasteiger partial charge in [0.1, 0.15) is 11.5 Å². The number of fused-ring (bicyclic) bond motifs is 3. The molecule has 0 atom stereocenters. The molecular formula is C30H33ClN8O2. The average Bonchev–Trinajstić information content (AvgIpc) is 3.66. The van der Waals surface area contributed by atoms with Crippen LogP contribution in [-0.4, -0.2) is 78.6 Å². The first-order valence-electron chi connectivity index (χ1n) is 14.3. The fourth-order valence-electron chi connectivity index (χ4n) is 6.01. The van der Waals surface area contributed by atoms with Crippen molar-refractivity contribution in [3.8, 4) is 11.4 Å². The summed E-state index contributed by atoms with van der Waals surface area (Å²) in [5, 5.41) is 17.5. The van der Waals surface area contributed by atoms with Gasteiger partial charge in [-0.05, 0) is 61.7 Å². The molecule has 0 aliphatic carbocycles. The minimum Gasteiger partial charge on any atom is -0.381 e. The maximum Gasteiger partial charge on any atom is 0.221 e. The third kappa shape index (κ3) is 5.23. The van der Waals surface area contributed by atoms with Gasteiger partial charge in [0.2, 0.25) is 5.91 Å². The number of amides is 1. The molecule has 0 saturated carbocycles. The van der Waals surface area contributed by atoms with Crippen molar-refractivity contribution in [1.82, 2.24) is 39.2 Å². The highest BCUT2D eigenvalue weighted by Crippen LogP contribution is 2.31. The molecule has 2 aliphatic heterocycles. The number of pyridine rings is 1. The molecule has 7 rings (SSSR count). The number of rotatable bonds is 8. The number of hydrogen-bond acceptors (Lipinski definition) is 6. The summed E-state index contributed by atoms with van der Waals surface area (Å²) in [5.41, 5.74) is 6.01. The van der Waals surface area contributed by atoms with Crippen LogP contribution in [0.4, 0.5) is 0 Å². The Labute approximate surface area is 242 Å². The molecule has 0 radical (unpaired) electrons. The molecule has 212 valence electrons. The van der Waals surface area contributed by atoms with Crippen LogP contribution in [-0.2, 0) is 16.1 Å². The van der Waals surface area contributed by atoms with Gasteiger partial charge in [-0.1, -0.05) is 23.7 Å². The topological polar surface area (TPSA) is 94.5 Å². The molecule has 11 heteroatoms. The highest BCUT2D eigenvalue weighted by atomic mass is 35.5. The molecule has 41 heavy (non-hydrogen) atoms. The van der Waals surface area contributed by atoms with E-state index in [2.05, 4.69) is 64.5 Å². The molecule has 5 aromatic rings. The van der Waals surface area contributed by atoms with E-state index in [9.17, 15) is 4.79 Å². The number of carbonyl (C=O) groups is 1. The third-order valence-corrected chi connectivity index (χ3v) is 8.49. The van der Waals surface area contributed by atoms with Crippen LogP contribution in [0.2, 0.25) is 5.02 Å². The van der Waals surface area contributed by atoms with Crippen molar-refractivity contribution in [2.24, 2.45) is 0 Å². The Morgan fingerprint density at radius 3 is 2.76 bits per heavy atom. The second kappa shape index (κ2) is 10.9. The fraction of sp³-hybridized carbons (Fsp3) is 0.400. The Kier molecular flexibility index (Phi) is 6.98. The number of benzene rings is 1. The Hall–Kier alpha value is -3.73. The zero-order chi connectivity index (χ0) is 27.9. The van der Waals surface area contributed by atoms with E-state index < -0.39 is 0 Å². The molecule has 2 aliphatic rings. The molecule has 6 heterocycles. The summed E-state index contributed by atoms with van der Waals surface area (Å²) in [7, 11) is 0. The highest BCUT2D eigenvalue weighted by Gasteiger charge is 2.29. The zero-order valence-electron chi connectivity index (χ0n) is 23.0. The van der Waals surface area contributed by atoms with E-state index in [0.29, 0.717) is 19.0 Å². The smallest absolute Gasteiger partial charge is 0.221 e. The molecule has 2 fully saturated rings. The van der Waals surface area contributed by atoms with Gasteiger partial charge in [-0.15, -0.1) is 10.2 Å². The summed E-state index contributed by atoms with van der Waals surface area (Å²) in [4.78, 5) is 14.7. The van der Waals surface area contributed by atoms with E-state index in [1.54, 1.807) is 0 Å². The molecule has 1 aromatic carbocycles. The van der Waals surface area contributed by atoms with Gasteiger partial charge < -0.3 is 14.6 Å². The van der Waals surface area contributed by atoms with Crippen molar-refractivity contribution in [1.29, 1.82) is 0 Å². The molecule has 0 bridgehead atoms. The van der Waals surface area contributed by atoms with Crippen LogP contribution >= 0.6 is 11.6 Å². The van der Waals surface area contributed by atoms with Gasteiger partial charge >= 0.3 is 0 Å². The number of aromatic nitrogens is 6. The van der Waals surface area contributed by atoms with E-state index >= 15 is 0 Å². The molecular weight excluding hydrogens is 540 g/mol. The summed E-state index contributed by atoms with van der Waals surface area (Å²) in [5.74, 6) is 0.977. The van der Waals surface area contributed by atoms with E-state index in [4.69, 9.17) is 21.4 Å². The molecule has 2 saturated heterocycles. The molecule has 4 aromatic heterocycles. The molecule has 10 nitrogen and oxygen atoms in total. The van der Waals surface area contributed by atoms with Crippen molar-refractivity contribution in [3.05, 3.63) is 71.1 Å². The lowest BCUT2D eigenvalue weighted by Crippen LogP contribution is -2.49. The van der Waals surface area contributed by atoms with Crippen LogP contribution in [0.25, 0.3) is 28.1 Å². The zero-order valence-corrected chi connectivity index (χ0v) is 23.8. The van der Waals surface area contributed by atoms with Crippen molar-refractivity contribution in [2.75, 3.05) is 32.8 Å². The minimum absolute atomic E-state index is 0.131. The van der Waals surface area contributed by atoms with Crippen molar-refractivity contribution < 1.29 is 9.53 Å². The number of ether oxygens (including phenoxy) is 1. The van der Waals surface area contributed by atoms with Gasteiger partial charge in [-0.25, -0.2) is 0 Å². The number of nitrogens with zero attached hydrogens (tertiary/aromatic N) is 7. The summed E-state index contributed by atoms with van der Waals surface area (Å²) in [6.07, 6.45) is 4.40. The van der Waals surface area contributed by atoms with Crippen LogP contribution in [0, 0.1) is 6.92 Å². The lowest BCUT2D eigenvalue weighted by Gasteiger charge is -2.39. The van der Waals surface area contributed by atoms with Crippen LogP contribution in [0.1, 0.15) is 36.7 Å². The first-order valence-corrected chi connectivity index (χ1v) is 14.6. The number of carbonyl (C=O) groups excluding carboxylic acids is 1. The normalized spacial score (nSPS) is 16.9. The predicted molar refractivity (Wildman–Crippen MR) is 157 cm³/mol. The molecule has 0 unspecified atom stereocenters. The maximum absolute atomic E-state index is 12.4. The minimum atomic E-state index is 0.131. The number of hydrogen-bond donors (Lipinski definition) is 1. The van der Waals surface area contributed by atoms with Gasteiger partial charge in [0.05, 0.1) is 22.8 Å². The summed E-state index contributed by atoms with van der Waals surface area (Å²) in [6, 6.07) is 16.9. The molecule has 0 spiro atoms. The van der Waals surface area contributed by atoms with E-state index in [-0.39, 0.29) is 11.9 Å². The van der Waals surface area contributed by atoms with Crippen LogP contribution in [0.3, 0.4) is 0 Å². The second-order valence-corrected chi connectivity index (χ2v) is 11.5. The van der Waals surface area contributed by atoms with E-state index in [1.807, 2.05) is 31.2 Å². The Bertz CT molecular complexity index is 1710.